The van der Waals surface area contributed by atoms with Crippen molar-refractivity contribution in [2.45, 2.75) is 26.8 Å². The predicted octanol–water partition coefficient (Wildman–Crippen LogP) is 4.75. The molecule has 29 heavy (non-hydrogen) atoms. The average molecular weight is 384 g/mol. The zero-order valence-electron chi connectivity index (χ0n) is 16.7. The van der Waals surface area contributed by atoms with Crippen LogP contribution in [0.2, 0.25) is 0 Å². The van der Waals surface area contributed by atoms with Crippen molar-refractivity contribution < 1.29 is 9.59 Å². The van der Waals surface area contributed by atoms with Gasteiger partial charge in [-0.25, -0.2) is 0 Å². The van der Waals surface area contributed by atoms with Crippen LogP contribution in [0.1, 0.15) is 43.0 Å². The first-order valence-electron chi connectivity index (χ1n) is 9.86. The van der Waals surface area contributed by atoms with Crippen LogP contribution >= 0.6 is 0 Å². The Labute approximate surface area is 171 Å². The molecule has 0 bridgehead atoms. The van der Waals surface area contributed by atoms with Crippen molar-refractivity contribution in [2.75, 3.05) is 11.9 Å². The van der Waals surface area contributed by atoms with Gasteiger partial charge in [-0.1, -0.05) is 42.0 Å². The number of aryl methyl sites for hydroxylation is 2. The smallest absolute Gasteiger partial charge is 0.255 e. The molecule has 4 rings (SSSR count). The molecule has 0 aliphatic carbocycles. The van der Waals surface area contributed by atoms with Crippen LogP contribution < -0.4 is 5.32 Å². The Morgan fingerprint density at radius 1 is 0.897 bits per heavy atom. The number of anilines is 1. The van der Waals surface area contributed by atoms with E-state index in [0.717, 1.165) is 28.8 Å². The van der Waals surface area contributed by atoms with Crippen molar-refractivity contribution in [3.05, 3.63) is 100 Å². The quantitative estimate of drug-likeness (QED) is 0.708. The molecule has 0 unspecified atom stereocenters. The highest BCUT2D eigenvalue weighted by molar-refractivity contribution is 6.05. The third-order valence-electron chi connectivity index (χ3n) is 5.41. The van der Waals surface area contributed by atoms with Gasteiger partial charge >= 0.3 is 0 Å². The topological polar surface area (TPSA) is 49.4 Å². The minimum atomic E-state index is -0.115. The molecular weight excluding hydrogens is 360 g/mol. The van der Waals surface area contributed by atoms with Gasteiger partial charge in [-0.15, -0.1) is 0 Å². The molecule has 3 aromatic carbocycles. The molecule has 0 atom stereocenters. The molecule has 4 heteroatoms. The average Bonchev–Trinajstić information content (AvgIpc) is 2.73. The van der Waals surface area contributed by atoms with Gasteiger partial charge in [0.15, 0.2) is 0 Å². The van der Waals surface area contributed by atoms with E-state index in [0.29, 0.717) is 24.2 Å². The lowest BCUT2D eigenvalue weighted by Gasteiger charge is -2.29. The fourth-order valence-electron chi connectivity index (χ4n) is 3.84. The summed E-state index contributed by atoms with van der Waals surface area (Å²) in [4.78, 5) is 27.3. The van der Waals surface area contributed by atoms with Gasteiger partial charge in [-0.05, 0) is 67.3 Å². The van der Waals surface area contributed by atoms with E-state index in [1.807, 2.05) is 79.4 Å². The van der Waals surface area contributed by atoms with Gasteiger partial charge in [0.25, 0.3) is 11.8 Å². The Morgan fingerprint density at radius 3 is 2.45 bits per heavy atom. The minimum absolute atomic E-state index is 0.0426. The first-order valence-corrected chi connectivity index (χ1v) is 9.86. The number of rotatable bonds is 3. The highest BCUT2D eigenvalue weighted by atomic mass is 16.2. The van der Waals surface area contributed by atoms with E-state index in [4.69, 9.17) is 0 Å². The predicted molar refractivity (Wildman–Crippen MR) is 115 cm³/mol. The monoisotopic (exact) mass is 384 g/mol. The number of amides is 2. The number of benzene rings is 3. The molecule has 146 valence electrons. The molecule has 1 aliphatic heterocycles. The zero-order valence-corrected chi connectivity index (χ0v) is 16.7. The van der Waals surface area contributed by atoms with E-state index < -0.39 is 0 Å². The van der Waals surface area contributed by atoms with Crippen molar-refractivity contribution in [2.24, 2.45) is 0 Å². The van der Waals surface area contributed by atoms with Crippen LogP contribution in [0.5, 0.6) is 0 Å². The second-order valence-corrected chi connectivity index (χ2v) is 7.60. The molecule has 2 amide bonds. The Hall–Kier alpha value is -3.40. The molecule has 1 N–H and O–H groups in total. The fraction of sp³-hybridized carbons (Fsp3) is 0.200. The van der Waals surface area contributed by atoms with Crippen molar-refractivity contribution in [1.29, 1.82) is 0 Å². The maximum Gasteiger partial charge on any atom is 0.255 e. The van der Waals surface area contributed by atoms with E-state index >= 15 is 0 Å². The van der Waals surface area contributed by atoms with Gasteiger partial charge in [0.2, 0.25) is 0 Å². The number of hydrogen-bond acceptors (Lipinski definition) is 2. The van der Waals surface area contributed by atoms with E-state index in [1.165, 1.54) is 5.56 Å². The maximum absolute atomic E-state index is 12.8. The lowest BCUT2D eigenvalue weighted by atomic mass is 9.98. The lowest BCUT2D eigenvalue weighted by Crippen LogP contribution is -2.36. The van der Waals surface area contributed by atoms with Crippen LogP contribution in [0.4, 0.5) is 5.69 Å². The maximum atomic E-state index is 12.8. The van der Waals surface area contributed by atoms with Gasteiger partial charge in [0.1, 0.15) is 0 Å². The summed E-state index contributed by atoms with van der Waals surface area (Å²) >= 11 is 0. The highest BCUT2D eigenvalue weighted by Crippen LogP contribution is 2.24. The number of hydrogen-bond donors (Lipinski definition) is 1. The zero-order chi connectivity index (χ0) is 20.4. The summed E-state index contributed by atoms with van der Waals surface area (Å²) in [5, 5.41) is 3.00. The van der Waals surface area contributed by atoms with Crippen LogP contribution in [0.25, 0.3) is 0 Å². The summed E-state index contributed by atoms with van der Waals surface area (Å²) in [6.45, 7) is 5.22. The molecule has 0 aromatic heterocycles. The van der Waals surface area contributed by atoms with E-state index in [1.54, 1.807) is 0 Å². The van der Waals surface area contributed by atoms with Crippen molar-refractivity contribution in [1.82, 2.24) is 4.90 Å². The highest BCUT2D eigenvalue weighted by Gasteiger charge is 2.22. The molecule has 1 heterocycles. The van der Waals surface area contributed by atoms with Crippen LogP contribution in [0.3, 0.4) is 0 Å². The summed E-state index contributed by atoms with van der Waals surface area (Å²) in [6.07, 6.45) is 0.819. The normalized spacial score (nSPS) is 13.0. The summed E-state index contributed by atoms with van der Waals surface area (Å²) in [7, 11) is 0. The van der Waals surface area contributed by atoms with E-state index in [9.17, 15) is 9.59 Å². The second kappa shape index (κ2) is 7.92. The Balaban J connectivity index is 1.51. The summed E-state index contributed by atoms with van der Waals surface area (Å²) < 4.78 is 0. The molecule has 4 nitrogen and oxygen atoms in total. The summed E-state index contributed by atoms with van der Waals surface area (Å²) in [5.41, 5.74) is 6.54. The molecule has 0 saturated carbocycles. The fourth-order valence-corrected chi connectivity index (χ4v) is 3.84. The van der Waals surface area contributed by atoms with Crippen LogP contribution in [-0.2, 0) is 13.0 Å². The third-order valence-corrected chi connectivity index (χ3v) is 5.41. The minimum Gasteiger partial charge on any atom is -0.334 e. The first kappa shape index (κ1) is 18.9. The largest absolute Gasteiger partial charge is 0.334 e. The van der Waals surface area contributed by atoms with Gasteiger partial charge in [0.05, 0.1) is 0 Å². The SMILES string of the molecule is Cc1ccc(C(=O)Nc2ccc3c(c2)CN(C(=O)c2ccccc2)CC3)c(C)c1. The van der Waals surface area contributed by atoms with Crippen LogP contribution in [-0.4, -0.2) is 23.3 Å². The van der Waals surface area contributed by atoms with Crippen molar-refractivity contribution in [3.63, 3.8) is 0 Å². The van der Waals surface area contributed by atoms with Crippen molar-refractivity contribution in [3.8, 4) is 0 Å². The molecule has 1 aliphatic rings. The first-order chi connectivity index (χ1) is 14.0. The summed E-state index contributed by atoms with van der Waals surface area (Å²) in [6, 6.07) is 21.2. The second-order valence-electron chi connectivity index (χ2n) is 7.60. The lowest BCUT2D eigenvalue weighted by molar-refractivity contribution is 0.0734. The molecule has 0 spiro atoms. The molecule has 0 radical (unpaired) electrons. The molecule has 0 saturated heterocycles. The van der Waals surface area contributed by atoms with Gasteiger partial charge < -0.3 is 10.2 Å². The van der Waals surface area contributed by atoms with Gasteiger partial charge in [-0.3, -0.25) is 9.59 Å². The number of carbonyl (C=O) groups is 2. The number of fused-ring (bicyclic) bond motifs is 1. The van der Waals surface area contributed by atoms with E-state index in [-0.39, 0.29) is 11.8 Å². The van der Waals surface area contributed by atoms with Crippen molar-refractivity contribution >= 4 is 17.5 Å². The van der Waals surface area contributed by atoms with Gasteiger partial charge in [0, 0.05) is 29.9 Å². The molecule has 3 aromatic rings. The van der Waals surface area contributed by atoms with Crippen LogP contribution in [0, 0.1) is 13.8 Å². The standard InChI is InChI=1S/C25H24N2O2/c1-17-8-11-23(18(2)14-17)24(28)26-22-10-9-19-12-13-27(16-21(19)15-22)25(29)20-6-4-3-5-7-20/h3-11,14-15H,12-13,16H2,1-2H3,(H,26,28). The Bertz CT molecular complexity index is 1070. The Kier molecular flexibility index (Phi) is 5.17. The molecule has 0 fully saturated rings. The third kappa shape index (κ3) is 4.06. The molecular formula is C25H24N2O2. The Morgan fingerprint density at radius 2 is 1.69 bits per heavy atom. The number of carbonyl (C=O) groups excluding carboxylic acids is 2. The van der Waals surface area contributed by atoms with Crippen LogP contribution in [0.15, 0.2) is 66.7 Å². The number of nitrogens with one attached hydrogen (secondary N) is 1. The summed E-state index contributed by atoms with van der Waals surface area (Å²) in [5.74, 6) is -0.0727. The number of nitrogens with zero attached hydrogens (tertiary/aromatic N) is 1. The van der Waals surface area contributed by atoms with E-state index in [2.05, 4.69) is 11.4 Å². The van der Waals surface area contributed by atoms with Gasteiger partial charge in [-0.2, -0.15) is 0 Å².